The van der Waals surface area contributed by atoms with E-state index in [4.69, 9.17) is 14.4 Å². The summed E-state index contributed by atoms with van der Waals surface area (Å²) >= 11 is 0.862. The van der Waals surface area contributed by atoms with Gasteiger partial charge in [0, 0.05) is 10.3 Å². The Labute approximate surface area is 159 Å². The van der Waals surface area contributed by atoms with Crippen LogP contribution in [0.3, 0.4) is 0 Å². The van der Waals surface area contributed by atoms with Crippen LogP contribution in [0.25, 0.3) is 11.0 Å². The minimum Gasteiger partial charge on any atom is -0.492 e. The van der Waals surface area contributed by atoms with Gasteiger partial charge in [-0.2, -0.15) is 0 Å². The normalized spacial score (nSPS) is 10.6. The van der Waals surface area contributed by atoms with E-state index in [-0.39, 0.29) is 18.3 Å². The first-order chi connectivity index (χ1) is 13.0. The zero-order valence-electron chi connectivity index (χ0n) is 14.5. The molecule has 0 aliphatic rings. The molecule has 1 aromatic heterocycles. The molecule has 1 heterocycles. The maximum Gasteiger partial charge on any atom is 0.307 e. The van der Waals surface area contributed by atoms with E-state index in [1.807, 2.05) is 25.1 Å². The van der Waals surface area contributed by atoms with Crippen molar-refractivity contribution in [1.29, 1.82) is 0 Å². The summed E-state index contributed by atoms with van der Waals surface area (Å²) in [6.45, 7) is 2.59. The summed E-state index contributed by atoms with van der Waals surface area (Å²) in [5.41, 5.74) is 3.33. The summed E-state index contributed by atoms with van der Waals surface area (Å²) in [6, 6.07) is 14.3. The van der Waals surface area contributed by atoms with Crippen LogP contribution in [0.1, 0.15) is 16.1 Å². The molecule has 0 aliphatic heterocycles. The van der Waals surface area contributed by atoms with Crippen LogP contribution < -0.4 is 15.5 Å². The lowest BCUT2D eigenvalue weighted by Gasteiger charge is -2.07. The Bertz CT molecular complexity index is 952. The van der Waals surface area contributed by atoms with E-state index in [1.165, 1.54) is 0 Å². The van der Waals surface area contributed by atoms with Gasteiger partial charge in [-0.1, -0.05) is 11.6 Å². The first kappa shape index (κ1) is 18.8. The molecule has 2 aromatic carbocycles. The maximum absolute atomic E-state index is 12.2. The third-order valence-corrected chi connectivity index (χ3v) is 4.46. The van der Waals surface area contributed by atoms with Crippen molar-refractivity contribution in [3.63, 3.8) is 0 Å². The van der Waals surface area contributed by atoms with Gasteiger partial charge in [-0.3, -0.25) is 14.8 Å². The number of fused-ring (bicyclic) bond motifs is 1. The number of aryl methyl sites for hydroxylation is 1. The fraction of sp³-hybridized carbons (Fsp3) is 0.158. The lowest BCUT2D eigenvalue weighted by atomic mass is 10.2. The average molecular weight is 386 g/mol. The molecule has 27 heavy (non-hydrogen) atoms. The molecule has 8 heteroatoms. The zero-order chi connectivity index (χ0) is 19.2. The second-order valence-electron chi connectivity index (χ2n) is 5.73. The Kier molecular flexibility index (Phi) is 6.00. The molecule has 0 saturated carbocycles. The number of carbonyl (C=O) groups excluding carboxylic acids is 2. The predicted octanol–water partition coefficient (Wildman–Crippen LogP) is 3.74. The molecule has 0 bridgehead atoms. The number of carbonyl (C=O) groups is 2. The number of thioether (sulfide) groups is 1. The third kappa shape index (κ3) is 5.02. The molecule has 3 rings (SSSR count). The van der Waals surface area contributed by atoms with Gasteiger partial charge in [0.2, 0.25) is 0 Å². The monoisotopic (exact) mass is 386 g/mol. The first-order valence-corrected chi connectivity index (χ1v) is 9.00. The molecular formula is C19H18N2O5S. The van der Waals surface area contributed by atoms with Gasteiger partial charge >= 0.3 is 5.24 Å². The highest BCUT2D eigenvalue weighted by atomic mass is 32.2. The lowest BCUT2D eigenvalue weighted by molar-refractivity contribution is 0.0921. The number of hydrogen-bond donors (Lipinski definition) is 3. The van der Waals surface area contributed by atoms with E-state index in [9.17, 15) is 9.59 Å². The third-order valence-electron chi connectivity index (χ3n) is 3.68. The second-order valence-corrected chi connectivity index (χ2v) is 6.78. The van der Waals surface area contributed by atoms with Crippen LogP contribution in [0.5, 0.6) is 5.75 Å². The van der Waals surface area contributed by atoms with Crippen LogP contribution in [0.4, 0.5) is 4.79 Å². The van der Waals surface area contributed by atoms with E-state index in [0.717, 1.165) is 22.7 Å². The second kappa shape index (κ2) is 8.61. The molecule has 0 saturated heterocycles. The molecule has 0 atom stereocenters. The topological polar surface area (TPSA) is 101 Å². The van der Waals surface area contributed by atoms with E-state index in [0.29, 0.717) is 22.8 Å². The summed E-state index contributed by atoms with van der Waals surface area (Å²) < 4.78 is 11.1. The number of hydrogen-bond acceptors (Lipinski definition) is 6. The zero-order valence-corrected chi connectivity index (χ0v) is 15.3. The number of nitrogens with one attached hydrogen (secondary N) is 2. The number of amides is 2. The molecule has 0 spiro atoms. The summed E-state index contributed by atoms with van der Waals surface area (Å²) in [7, 11) is 0. The summed E-state index contributed by atoms with van der Waals surface area (Å²) in [5.74, 6) is 0.575. The maximum atomic E-state index is 12.2. The Morgan fingerprint density at radius 1 is 1.15 bits per heavy atom. The van der Waals surface area contributed by atoms with Gasteiger partial charge in [0.1, 0.15) is 17.9 Å². The van der Waals surface area contributed by atoms with Gasteiger partial charge in [0.15, 0.2) is 5.76 Å². The van der Waals surface area contributed by atoms with Crippen LogP contribution >= 0.6 is 11.8 Å². The van der Waals surface area contributed by atoms with Crippen LogP contribution in [-0.4, -0.2) is 29.5 Å². The Balaban J connectivity index is 1.46. The summed E-state index contributed by atoms with van der Waals surface area (Å²) in [4.78, 5) is 23.9. The summed E-state index contributed by atoms with van der Waals surface area (Å²) in [6.07, 6.45) is 0. The molecule has 0 unspecified atom stereocenters. The van der Waals surface area contributed by atoms with Crippen LogP contribution in [0.2, 0.25) is 0 Å². The van der Waals surface area contributed by atoms with Gasteiger partial charge in [-0.05, 0) is 61.2 Å². The minimum absolute atomic E-state index is 0.263. The quantitative estimate of drug-likeness (QED) is 0.258. The first-order valence-electron chi connectivity index (χ1n) is 8.18. The smallest absolute Gasteiger partial charge is 0.307 e. The van der Waals surface area contributed by atoms with Crippen molar-refractivity contribution in [2.24, 2.45) is 0 Å². The molecule has 3 N–H and O–H groups in total. The Morgan fingerprint density at radius 2 is 1.93 bits per heavy atom. The fourth-order valence-electron chi connectivity index (χ4n) is 2.43. The Hall–Kier alpha value is -2.97. The number of hydroxylamine groups is 1. The molecule has 140 valence electrons. The van der Waals surface area contributed by atoms with Crippen molar-refractivity contribution in [2.75, 3.05) is 13.2 Å². The number of rotatable bonds is 6. The number of benzene rings is 2. The van der Waals surface area contributed by atoms with Gasteiger partial charge in [-0.15, -0.1) is 0 Å². The highest BCUT2D eigenvalue weighted by molar-refractivity contribution is 8.13. The van der Waals surface area contributed by atoms with Gasteiger partial charge < -0.3 is 14.5 Å². The minimum atomic E-state index is -0.563. The van der Waals surface area contributed by atoms with Crippen LogP contribution in [0.15, 0.2) is 57.8 Å². The van der Waals surface area contributed by atoms with Gasteiger partial charge in [0.25, 0.3) is 5.91 Å². The Morgan fingerprint density at radius 3 is 2.67 bits per heavy atom. The van der Waals surface area contributed by atoms with Crippen molar-refractivity contribution in [3.8, 4) is 5.75 Å². The molecule has 7 nitrogen and oxygen atoms in total. The van der Waals surface area contributed by atoms with Crippen LogP contribution in [0, 0.1) is 6.92 Å². The molecular weight excluding hydrogens is 368 g/mol. The van der Waals surface area contributed by atoms with Crippen molar-refractivity contribution < 1.29 is 24.0 Å². The molecule has 3 aromatic rings. The van der Waals surface area contributed by atoms with Crippen LogP contribution in [-0.2, 0) is 0 Å². The standard InChI is InChI=1S/C19H18N2O5S/c1-12-2-7-16-13(10-12)11-17(26-16)18(22)20-8-9-25-14-3-5-15(6-4-14)27-19(23)21-24/h2-7,10-11,24H,8-9H2,1H3,(H,20,22)(H,21,23). The molecule has 0 aliphatic carbocycles. The van der Waals surface area contributed by atoms with Crippen molar-refractivity contribution in [2.45, 2.75) is 11.8 Å². The fourth-order valence-corrected chi connectivity index (χ4v) is 2.96. The highest BCUT2D eigenvalue weighted by Crippen LogP contribution is 2.22. The highest BCUT2D eigenvalue weighted by Gasteiger charge is 2.11. The average Bonchev–Trinajstić information content (AvgIpc) is 3.09. The number of ether oxygens (including phenoxy) is 1. The van der Waals surface area contributed by atoms with E-state index in [2.05, 4.69) is 5.32 Å². The van der Waals surface area contributed by atoms with Crippen molar-refractivity contribution in [1.82, 2.24) is 10.8 Å². The van der Waals surface area contributed by atoms with Gasteiger partial charge in [-0.25, -0.2) is 5.48 Å². The van der Waals surface area contributed by atoms with Crippen molar-refractivity contribution >= 4 is 33.9 Å². The van der Waals surface area contributed by atoms with Gasteiger partial charge in [0.05, 0.1) is 6.54 Å². The van der Waals surface area contributed by atoms with Crippen molar-refractivity contribution in [3.05, 3.63) is 59.9 Å². The molecule has 2 amide bonds. The van der Waals surface area contributed by atoms with E-state index in [1.54, 1.807) is 35.8 Å². The largest absolute Gasteiger partial charge is 0.492 e. The summed E-state index contributed by atoms with van der Waals surface area (Å²) in [5, 5.41) is 11.6. The SMILES string of the molecule is Cc1ccc2oc(C(=O)NCCOc3ccc(SC(=O)NO)cc3)cc2c1. The number of furan rings is 1. The lowest BCUT2D eigenvalue weighted by Crippen LogP contribution is -2.27. The molecule has 0 radical (unpaired) electrons. The van der Waals surface area contributed by atoms with E-state index >= 15 is 0 Å². The van der Waals surface area contributed by atoms with E-state index < -0.39 is 5.24 Å². The molecule has 0 fully saturated rings. The predicted molar refractivity (Wildman–Crippen MR) is 101 cm³/mol.